The minimum Gasteiger partial charge on any atom is -0.493 e. The van der Waals surface area contributed by atoms with E-state index in [4.69, 9.17) is 44.3 Å². The summed E-state index contributed by atoms with van der Waals surface area (Å²) in [4.78, 5) is 26.4. The maximum atomic E-state index is 12.9. The van der Waals surface area contributed by atoms with E-state index in [1.165, 1.54) is 7.11 Å². The van der Waals surface area contributed by atoms with Gasteiger partial charge in [-0.2, -0.15) is 0 Å². The first-order chi connectivity index (χ1) is 16.3. The predicted octanol–water partition coefficient (Wildman–Crippen LogP) is 7.09. The summed E-state index contributed by atoms with van der Waals surface area (Å²) in [5.41, 5.74) is 1.98. The Kier molecular flexibility index (Phi) is 7.38. The van der Waals surface area contributed by atoms with Gasteiger partial charge in [0.15, 0.2) is 11.5 Å². The number of carbonyl (C=O) groups excluding carboxylic acids is 2. The molecule has 1 N–H and O–H groups in total. The lowest BCUT2D eigenvalue weighted by molar-refractivity contribution is -0.113. The van der Waals surface area contributed by atoms with Gasteiger partial charge in [0.25, 0.3) is 5.91 Å². The molecule has 3 aromatic rings. The third-order valence-corrected chi connectivity index (χ3v) is 6.60. The zero-order chi connectivity index (χ0) is 24.4. The fourth-order valence-electron chi connectivity index (χ4n) is 3.24. The molecule has 0 aliphatic carbocycles. The first-order valence-electron chi connectivity index (χ1n) is 9.84. The highest BCUT2D eigenvalue weighted by atomic mass is 79.9. The zero-order valence-corrected chi connectivity index (χ0v) is 21.4. The lowest BCUT2D eigenvalue weighted by Crippen LogP contribution is -2.30. The molecule has 0 unspecified atom stereocenters. The highest BCUT2D eigenvalue weighted by Gasteiger charge is 2.35. The summed E-state index contributed by atoms with van der Waals surface area (Å²) in [6, 6.07) is 14.5. The van der Waals surface area contributed by atoms with Gasteiger partial charge in [-0.15, -0.1) is 0 Å². The van der Waals surface area contributed by atoms with Gasteiger partial charge in [-0.25, -0.2) is 9.69 Å². The summed E-state index contributed by atoms with van der Waals surface area (Å²) in [5, 5.41) is 4.01. The van der Waals surface area contributed by atoms with Crippen molar-refractivity contribution in [2.45, 2.75) is 6.61 Å². The number of anilines is 1. The molecule has 4 rings (SSSR count). The number of ether oxygens (including phenoxy) is 2. The molecule has 3 aromatic carbocycles. The molecule has 174 valence electrons. The number of hydrogen-bond acceptors (Lipinski definition) is 4. The molecule has 0 atom stereocenters. The van der Waals surface area contributed by atoms with E-state index < -0.39 is 11.9 Å². The molecule has 0 saturated carbocycles. The molecule has 1 aliphatic heterocycles. The molecule has 1 heterocycles. The van der Waals surface area contributed by atoms with Crippen LogP contribution in [0.4, 0.5) is 10.5 Å². The van der Waals surface area contributed by atoms with Crippen LogP contribution in [0.3, 0.4) is 0 Å². The van der Waals surface area contributed by atoms with Crippen molar-refractivity contribution in [3.05, 3.63) is 91.0 Å². The average molecular weight is 583 g/mol. The smallest absolute Gasteiger partial charge is 0.333 e. The Balaban J connectivity index is 1.57. The number of methoxy groups -OCH3 is 1. The lowest BCUT2D eigenvalue weighted by atomic mass is 10.1. The van der Waals surface area contributed by atoms with Crippen LogP contribution in [0.25, 0.3) is 6.08 Å². The maximum Gasteiger partial charge on any atom is 0.333 e. The number of halogens is 4. The van der Waals surface area contributed by atoms with Gasteiger partial charge in [-0.3, -0.25) is 4.79 Å². The average Bonchev–Trinajstić information content (AvgIpc) is 3.09. The van der Waals surface area contributed by atoms with Crippen molar-refractivity contribution < 1.29 is 19.1 Å². The molecule has 1 aliphatic rings. The molecule has 1 fully saturated rings. The maximum absolute atomic E-state index is 12.9. The van der Waals surface area contributed by atoms with E-state index in [-0.39, 0.29) is 12.3 Å². The number of benzene rings is 3. The van der Waals surface area contributed by atoms with E-state index in [1.807, 2.05) is 6.07 Å². The Morgan fingerprint density at radius 3 is 2.38 bits per heavy atom. The van der Waals surface area contributed by atoms with Crippen LogP contribution in [0.1, 0.15) is 11.1 Å². The van der Waals surface area contributed by atoms with Crippen molar-refractivity contribution in [2.75, 3.05) is 12.0 Å². The lowest BCUT2D eigenvalue weighted by Gasteiger charge is -2.13. The molecule has 6 nitrogen and oxygen atoms in total. The summed E-state index contributed by atoms with van der Waals surface area (Å²) < 4.78 is 12.0. The summed E-state index contributed by atoms with van der Waals surface area (Å²) in [7, 11) is 1.51. The Morgan fingerprint density at radius 1 is 0.971 bits per heavy atom. The normalized spacial score (nSPS) is 14.5. The van der Waals surface area contributed by atoms with Crippen LogP contribution in [0.15, 0.2) is 64.8 Å². The topological polar surface area (TPSA) is 67.9 Å². The number of carbonyl (C=O) groups is 2. The van der Waals surface area contributed by atoms with Gasteiger partial charge in [0.1, 0.15) is 12.3 Å². The van der Waals surface area contributed by atoms with Crippen molar-refractivity contribution in [3.63, 3.8) is 0 Å². The van der Waals surface area contributed by atoms with Crippen molar-refractivity contribution >= 4 is 74.4 Å². The first-order valence-corrected chi connectivity index (χ1v) is 11.8. The second kappa shape index (κ2) is 10.3. The van der Waals surface area contributed by atoms with Crippen LogP contribution in [0.2, 0.25) is 15.1 Å². The molecule has 0 radical (unpaired) electrons. The largest absolute Gasteiger partial charge is 0.493 e. The summed E-state index contributed by atoms with van der Waals surface area (Å²) in [6.07, 6.45) is 1.56. The van der Waals surface area contributed by atoms with Crippen LogP contribution in [-0.2, 0) is 11.4 Å². The van der Waals surface area contributed by atoms with Crippen LogP contribution >= 0.6 is 50.7 Å². The third-order valence-electron chi connectivity index (χ3n) is 4.92. The van der Waals surface area contributed by atoms with Crippen molar-refractivity contribution in [3.8, 4) is 11.5 Å². The van der Waals surface area contributed by atoms with Crippen molar-refractivity contribution in [2.24, 2.45) is 0 Å². The Labute approximate surface area is 219 Å². The summed E-state index contributed by atoms with van der Waals surface area (Å²) in [5.74, 6) is 0.437. The fraction of sp³-hybridized carbons (Fsp3) is 0.0833. The second-order valence-corrected chi connectivity index (χ2v) is 9.27. The van der Waals surface area contributed by atoms with E-state index in [1.54, 1.807) is 54.6 Å². The van der Waals surface area contributed by atoms with E-state index in [0.29, 0.717) is 42.3 Å². The monoisotopic (exact) mass is 580 g/mol. The van der Waals surface area contributed by atoms with Crippen LogP contribution in [0.5, 0.6) is 11.5 Å². The molecule has 1 saturated heterocycles. The number of rotatable bonds is 6. The van der Waals surface area contributed by atoms with Crippen molar-refractivity contribution in [1.29, 1.82) is 0 Å². The SMILES string of the molecule is COc1cc(/C=C2/NC(=O)N(c3ccc(Cl)cc3)C2=O)c(Br)cc1OCc1ccc(Cl)c(Cl)c1. The molecule has 10 heteroatoms. The first kappa shape index (κ1) is 24.4. The van der Waals surface area contributed by atoms with Gasteiger partial charge >= 0.3 is 6.03 Å². The molecule has 3 amide bonds. The van der Waals surface area contributed by atoms with Gasteiger partial charge in [-0.1, -0.05) is 56.8 Å². The van der Waals surface area contributed by atoms with Crippen molar-refractivity contribution in [1.82, 2.24) is 5.32 Å². The minimum absolute atomic E-state index is 0.118. The number of hydrogen-bond donors (Lipinski definition) is 1. The quantitative estimate of drug-likeness (QED) is 0.249. The highest BCUT2D eigenvalue weighted by Crippen LogP contribution is 2.36. The predicted molar refractivity (Wildman–Crippen MR) is 137 cm³/mol. The zero-order valence-electron chi connectivity index (χ0n) is 17.6. The van der Waals surface area contributed by atoms with Gasteiger partial charge in [0.2, 0.25) is 0 Å². The summed E-state index contributed by atoms with van der Waals surface area (Å²) >= 11 is 21.4. The minimum atomic E-state index is -0.553. The fourth-order valence-corrected chi connectivity index (χ4v) is 4.12. The third kappa shape index (κ3) is 5.18. The standard InChI is InChI=1S/C24H16BrCl3N2O4/c1-33-21-10-14(17(25)11-22(21)34-12-13-2-7-18(27)19(28)8-13)9-20-23(31)30(24(32)29-20)16-5-3-15(26)4-6-16/h2-11H,12H2,1H3,(H,29,32)/b20-9+. The van der Waals surface area contributed by atoms with Gasteiger partial charge in [-0.05, 0) is 65.7 Å². The number of amides is 3. The van der Waals surface area contributed by atoms with Gasteiger partial charge in [0.05, 0.1) is 22.8 Å². The van der Waals surface area contributed by atoms with E-state index >= 15 is 0 Å². The van der Waals surface area contributed by atoms with Gasteiger partial charge < -0.3 is 14.8 Å². The molecule has 0 spiro atoms. The van der Waals surface area contributed by atoms with E-state index in [0.717, 1.165) is 10.5 Å². The number of nitrogens with one attached hydrogen (secondary N) is 1. The molecule has 0 aromatic heterocycles. The molecule has 34 heavy (non-hydrogen) atoms. The highest BCUT2D eigenvalue weighted by molar-refractivity contribution is 9.10. The molecule has 0 bridgehead atoms. The molecular formula is C24H16BrCl3N2O4. The van der Waals surface area contributed by atoms with Crippen LogP contribution in [0, 0.1) is 0 Å². The summed E-state index contributed by atoms with van der Waals surface area (Å²) in [6.45, 7) is 0.241. The second-order valence-electron chi connectivity index (χ2n) is 7.17. The van der Waals surface area contributed by atoms with Gasteiger partial charge in [0, 0.05) is 9.50 Å². The number of urea groups is 1. The van der Waals surface area contributed by atoms with E-state index in [9.17, 15) is 9.59 Å². The number of imide groups is 1. The Morgan fingerprint density at radius 2 is 1.71 bits per heavy atom. The Bertz CT molecular complexity index is 1310. The Hall–Kier alpha value is -2.71. The van der Waals surface area contributed by atoms with E-state index in [2.05, 4.69) is 21.2 Å². The van der Waals surface area contributed by atoms with Crippen LogP contribution in [-0.4, -0.2) is 19.0 Å². The molecular weight excluding hydrogens is 567 g/mol. The van der Waals surface area contributed by atoms with Crippen LogP contribution < -0.4 is 19.7 Å². The number of nitrogens with zero attached hydrogens (tertiary/aromatic N) is 1.